The van der Waals surface area contributed by atoms with Crippen molar-refractivity contribution in [3.63, 3.8) is 0 Å². The van der Waals surface area contributed by atoms with Crippen LogP contribution in [0.3, 0.4) is 0 Å². The molecule has 2 aliphatic carbocycles. The third-order valence-corrected chi connectivity index (χ3v) is 15.7. The van der Waals surface area contributed by atoms with E-state index in [1.165, 1.54) is 12.8 Å². The van der Waals surface area contributed by atoms with Crippen LogP contribution in [0.5, 0.6) is 0 Å². The van der Waals surface area contributed by atoms with Gasteiger partial charge in [0.1, 0.15) is 0 Å². The second-order valence-electron chi connectivity index (χ2n) is 5.22. The predicted octanol–water partition coefficient (Wildman–Crippen LogP) is -1.53. The maximum Gasteiger partial charge on any atom is -1.00 e. The van der Waals surface area contributed by atoms with Gasteiger partial charge in [0.25, 0.3) is 0 Å². The first-order valence-corrected chi connectivity index (χ1v) is 11.9. The molecule has 1 fully saturated rings. The summed E-state index contributed by atoms with van der Waals surface area (Å²) in [6, 6.07) is 0. The van der Waals surface area contributed by atoms with Gasteiger partial charge in [-0.3, -0.25) is 0 Å². The Hall–Kier alpha value is 0.423. The van der Waals surface area contributed by atoms with Gasteiger partial charge in [-0.1, -0.05) is 0 Å². The minimum absolute atomic E-state index is 0. The van der Waals surface area contributed by atoms with Crippen LogP contribution in [0.2, 0.25) is 8.26 Å². The summed E-state index contributed by atoms with van der Waals surface area (Å²) in [6.45, 7) is 4.59. The van der Waals surface area contributed by atoms with E-state index in [9.17, 15) is 0 Å². The molecule has 0 spiro atoms. The van der Waals surface area contributed by atoms with Crippen molar-refractivity contribution in [2.45, 2.75) is 34.9 Å². The normalized spacial score (nSPS) is 22.0. The van der Waals surface area contributed by atoms with Gasteiger partial charge in [-0.2, -0.15) is 0 Å². The minimum Gasteiger partial charge on any atom is -1.00 e. The van der Waals surface area contributed by atoms with Crippen molar-refractivity contribution in [3.05, 3.63) is 42.0 Å². The predicted molar refractivity (Wildman–Crippen MR) is 62.5 cm³/mol. The van der Waals surface area contributed by atoms with Crippen LogP contribution in [0.25, 0.3) is 0 Å². The molecular weight excluding hydrogens is 330 g/mol. The first kappa shape index (κ1) is 15.5. The average molecular weight is 348 g/mol. The molecule has 0 saturated carbocycles. The van der Waals surface area contributed by atoms with E-state index in [2.05, 4.69) is 38.2 Å². The van der Waals surface area contributed by atoms with Crippen LogP contribution in [-0.2, 0) is 20.3 Å². The molecule has 3 heteroatoms. The summed E-state index contributed by atoms with van der Waals surface area (Å²) >= 11 is -1.84. The second kappa shape index (κ2) is 5.60. The topological polar surface area (TPSA) is 0 Å². The Morgan fingerprint density at radius 3 is 2.18 bits per heavy atom. The fraction of sp³-hybridized carbons (Fsp3) is 0.429. The van der Waals surface area contributed by atoms with Gasteiger partial charge in [-0.15, -0.1) is 0 Å². The van der Waals surface area contributed by atoms with Crippen molar-refractivity contribution >= 4 is 0 Å². The van der Waals surface area contributed by atoms with Gasteiger partial charge in [0.2, 0.25) is 0 Å². The number of halogens is 2. The zero-order valence-electron chi connectivity index (χ0n) is 10.4. The summed E-state index contributed by atoms with van der Waals surface area (Å²) < 4.78 is 6.95. The summed E-state index contributed by atoms with van der Waals surface area (Å²) in [4.78, 5) is 0. The molecule has 0 unspecified atom stereocenters. The van der Waals surface area contributed by atoms with Crippen molar-refractivity contribution in [2.75, 3.05) is 0 Å². The van der Waals surface area contributed by atoms with Gasteiger partial charge in [0.05, 0.1) is 0 Å². The molecule has 92 valence electrons. The third kappa shape index (κ3) is 2.58. The molecule has 1 aliphatic heterocycles. The van der Waals surface area contributed by atoms with Crippen molar-refractivity contribution < 1.29 is 45.1 Å². The van der Waals surface area contributed by atoms with Crippen LogP contribution in [0, 0.1) is 0 Å². The Balaban J connectivity index is 0.000000722. The maximum absolute atomic E-state index is 2.54. The van der Waals surface area contributed by atoms with Crippen LogP contribution in [0.4, 0.5) is 0 Å². The van der Waals surface area contributed by atoms with Gasteiger partial charge >= 0.3 is 97.2 Å². The van der Waals surface area contributed by atoms with E-state index in [0.717, 1.165) is 0 Å². The minimum atomic E-state index is -1.84. The van der Waals surface area contributed by atoms with Crippen LogP contribution in [0.1, 0.15) is 26.7 Å². The van der Waals surface area contributed by atoms with Crippen molar-refractivity contribution in [2.24, 2.45) is 0 Å². The fourth-order valence-corrected chi connectivity index (χ4v) is 16.3. The second-order valence-corrected chi connectivity index (χ2v) is 16.2. The fourth-order valence-electron chi connectivity index (χ4n) is 2.94. The Kier molecular flexibility index (Phi) is 5.10. The van der Waals surface area contributed by atoms with Crippen LogP contribution >= 0.6 is 0 Å². The van der Waals surface area contributed by atoms with Gasteiger partial charge in [-0.05, 0) is 0 Å². The molecule has 0 aromatic carbocycles. The summed E-state index contributed by atoms with van der Waals surface area (Å²) in [5.41, 5.74) is 3.18. The van der Waals surface area contributed by atoms with Crippen LogP contribution in [-0.4, -0.2) is 0 Å². The van der Waals surface area contributed by atoms with Gasteiger partial charge < -0.3 is 24.8 Å². The number of hydrogen-bond donors (Lipinski definition) is 0. The monoisotopic (exact) mass is 346 g/mol. The van der Waals surface area contributed by atoms with Gasteiger partial charge in [0.15, 0.2) is 0 Å². The average Bonchev–Trinajstić information content (AvgIpc) is 2.69. The summed E-state index contributed by atoms with van der Waals surface area (Å²) in [5.74, 6) is 0. The molecule has 3 rings (SSSR count). The standard InChI is InChI=1S/C7H9.C5H5.C2H4.2ClH.Zr/c1-6-4-3-5-7(6)2;1-2-4-5-3-1;1-2;;;/h4H,5H2,1-2H3;1-3H,4H2;1-2H2;2*1H;/q;;;;;+2/p-2. The van der Waals surface area contributed by atoms with E-state index in [4.69, 9.17) is 0 Å². The molecule has 0 aromatic heterocycles. The number of rotatable bonds is 2. The van der Waals surface area contributed by atoms with Gasteiger partial charge in [-0.25, -0.2) is 0 Å². The smallest absolute Gasteiger partial charge is 1.00 e. The molecular formula is C14H18Cl2Zr. The summed E-state index contributed by atoms with van der Waals surface area (Å²) in [6.07, 6.45) is 12.2. The van der Waals surface area contributed by atoms with Gasteiger partial charge in [0, 0.05) is 0 Å². The zero-order chi connectivity index (χ0) is 10.5. The molecule has 0 amide bonds. The molecule has 0 bridgehead atoms. The number of hydrogen-bond acceptors (Lipinski definition) is 0. The Labute approximate surface area is 121 Å². The molecule has 0 nitrogen and oxygen atoms in total. The first-order chi connectivity index (χ1) is 7.22. The van der Waals surface area contributed by atoms with E-state index in [0.29, 0.717) is 0 Å². The van der Waals surface area contributed by atoms with Crippen LogP contribution < -0.4 is 24.8 Å². The van der Waals surface area contributed by atoms with E-state index in [1.54, 1.807) is 19.4 Å². The summed E-state index contributed by atoms with van der Waals surface area (Å²) in [7, 11) is 0. The van der Waals surface area contributed by atoms with Crippen molar-refractivity contribution in [1.82, 2.24) is 0 Å². The van der Waals surface area contributed by atoms with Crippen LogP contribution in [0.15, 0.2) is 42.0 Å². The zero-order valence-corrected chi connectivity index (χ0v) is 14.4. The number of allylic oxidation sites excluding steroid dienone is 8. The summed E-state index contributed by atoms with van der Waals surface area (Å²) in [5, 5.41) is 0. The Bertz CT molecular complexity index is 437. The van der Waals surface area contributed by atoms with Crippen molar-refractivity contribution in [1.29, 1.82) is 0 Å². The Morgan fingerprint density at radius 1 is 1.06 bits per heavy atom. The quantitative estimate of drug-likeness (QED) is 0.568. The molecule has 0 atom stereocenters. The van der Waals surface area contributed by atoms with E-state index >= 15 is 0 Å². The molecule has 1 heterocycles. The SMILES string of the molecule is CC1=C(C)C[C]([Zr+2]2([C]3=CC=CC3)[CH2][CH2]2)=C1.[Cl-].[Cl-]. The first-order valence-electron chi connectivity index (χ1n) is 5.96. The van der Waals surface area contributed by atoms with E-state index < -0.39 is 20.3 Å². The third-order valence-electron chi connectivity index (χ3n) is 4.27. The molecule has 0 N–H and O–H groups in total. The molecule has 3 aliphatic rings. The van der Waals surface area contributed by atoms with E-state index in [-0.39, 0.29) is 24.8 Å². The molecule has 0 aromatic rings. The largest absolute Gasteiger partial charge is 1.00 e. The molecule has 1 saturated heterocycles. The maximum atomic E-state index is 2.54. The molecule has 0 radical (unpaired) electrons. The van der Waals surface area contributed by atoms with Crippen molar-refractivity contribution in [3.8, 4) is 0 Å². The Morgan fingerprint density at radius 2 is 1.76 bits per heavy atom. The molecule has 17 heavy (non-hydrogen) atoms. The van der Waals surface area contributed by atoms with E-state index in [1.807, 2.05) is 6.56 Å².